The smallest absolute Gasteiger partial charge is 0.134 e. The molecule has 3 aliphatic rings. The van der Waals surface area contributed by atoms with Crippen LogP contribution in [0.4, 0.5) is 5.82 Å². The van der Waals surface area contributed by atoms with E-state index in [-0.39, 0.29) is 18.2 Å². The van der Waals surface area contributed by atoms with Crippen molar-refractivity contribution in [2.45, 2.75) is 69.6 Å². The molecule has 2 aromatic rings. The number of nitrogens with one attached hydrogen (secondary N) is 1. The Morgan fingerprint density at radius 3 is 2.83 bits per heavy atom. The normalized spacial score (nSPS) is 28.5. The van der Waals surface area contributed by atoms with Gasteiger partial charge in [-0.1, -0.05) is 0 Å². The van der Waals surface area contributed by atoms with Crippen LogP contribution in [0.5, 0.6) is 0 Å². The highest BCUT2D eigenvalue weighted by molar-refractivity contribution is 5.50. The Morgan fingerprint density at radius 2 is 2.12 bits per heavy atom. The van der Waals surface area contributed by atoms with Gasteiger partial charge >= 0.3 is 0 Å². The molecule has 5 rings (SSSR count). The zero-order chi connectivity index (χ0) is 16.3. The zero-order valence-corrected chi connectivity index (χ0v) is 13.9. The number of hydrogen-bond acceptors (Lipinski definition) is 5. The van der Waals surface area contributed by atoms with E-state index >= 15 is 0 Å². The van der Waals surface area contributed by atoms with Gasteiger partial charge in [-0.05, 0) is 51.0 Å². The molecule has 0 unspecified atom stereocenters. The molecule has 0 bridgehead atoms. The van der Waals surface area contributed by atoms with Gasteiger partial charge in [0.2, 0.25) is 0 Å². The third-order valence-corrected chi connectivity index (χ3v) is 5.55. The molecular weight excluding hydrogens is 302 g/mol. The van der Waals surface area contributed by atoms with Gasteiger partial charge in [0.1, 0.15) is 11.6 Å². The van der Waals surface area contributed by atoms with Crippen molar-refractivity contribution in [2.24, 2.45) is 0 Å². The van der Waals surface area contributed by atoms with E-state index in [2.05, 4.69) is 10.4 Å². The fraction of sp³-hybridized carbons (Fsp3) is 0.611. The third-order valence-electron chi connectivity index (χ3n) is 5.55. The summed E-state index contributed by atoms with van der Waals surface area (Å²) in [6.45, 7) is 2.02. The number of aliphatic hydroxyl groups is 1. The monoisotopic (exact) mass is 325 g/mol. The van der Waals surface area contributed by atoms with Crippen LogP contribution in [0.2, 0.25) is 0 Å². The molecular formula is C18H23N5O. The van der Waals surface area contributed by atoms with E-state index in [1.807, 2.05) is 24.0 Å². The largest absolute Gasteiger partial charge is 0.391 e. The van der Waals surface area contributed by atoms with Crippen LogP contribution in [0, 0.1) is 6.92 Å². The van der Waals surface area contributed by atoms with Gasteiger partial charge in [-0.3, -0.25) is 4.68 Å². The van der Waals surface area contributed by atoms with Crippen LogP contribution in [0.1, 0.15) is 60.3 Å². The Hall–Kier alpha value is -1.95. The Morgan fingerprint density at radius 1 is 1.25 bits per heavy atom. The Balaban J connectivity index is 1.43. The van der Waals surface area contributed by atoms with Crippen molar-refractivity contribution < 1.29 is 5.11 Å². The molecule has 3 atom stereocenters. The van der Waals surface area contributed by atoms with Gasteiger partial charge in [0.15, 0.2) is 0 Å². The first-order valence-electron chi connectivity index (χ1n) is 9.04. The maximum atomic E-state index is 10.2. The molecule has 2 N–H and O–H groups in total. The lowest BCUT2D eigenvalue weighted by atomic mass is 9.83. The zero-order valence-electron chi connectivity index (χ0n) is 13.9. The topological polar surface area (TPSA) is 75.9 Å². The lowest BCUT2D eigenvalue weighted by molar-refractivity contribution is 0.0132. The Labute approximate surface area is 141 Å². The summed E-state index contributed by atoms with van der Waals surface area (Å²) in [5, 5.41) is 18.2. The minimum Gasteiger partial charge on any atom is -0.391 e. The highest BCUT2D eigenvalue weighted by Gasteiger charge is 2.43. The summed E-state index contributed by atoms with van der Waals surface area (Å²) in [5.74, 6) is 2.59. The average Bonchev–Trinajstić information content (AvgIpc) is 3.15. The van der Waals surface area contributed by atoms with Crippen molar-refractivity contribution in [2.75, 3.05) is 5.32 Å². The van der Waals surface area contributed by atoms with E-state index in [0.29, 0.717) is 5.92 Å². The molecule has 0 aliphatic heterocycles. The first kappa shape index (κ1) is 14.4. The van der Waals surface area contributed by atoms with E-state index in [1.54, 1.807) is 0 Å². The molecule has 0 saturated heterocycles. The minimum absolute atomic E-state index is 0.0184. The summed E-state index contributed by atoms with van der Waals surface area (Å²) in [5.41, 5.74) is 3.64. The van der Waals surface area contributed by atoms with Gasteiger partial charge in [0, 0.05) is 23.4 Å². The van der Waals surface area contributed by atoms with Gasteiger partial charge in [0.05, 0.1) is 24.4 Å². The summed E-state index contributed by atoms with van der Waals surface area (Å²) in [7, 11) is 0. The predicted molar refractivity (Wildman–Crippen MR) is 90.1 cm³/mol. The summed E-state index contributed by atoms with van der Waals surface area (Å²) in [4.78, 5) is 9.66. The molecule has 0 amide bonds. The maximum Gasteiger partial charge on any atom is 0.134 e. The van der Waals surface area contributed by atoms with Crippen molar-refractivity contribution in [1.29, 1.82) is 0 Å². The quantitative estimate of drug-likeness (QED) is 0.901. The molecule has 24 heavy (non-hydrogen) atoms. The molecule has 6 heteroatoms. The number of nitrogens with zero attached hydrogens (tertiary/aromatic N) is 4. The SMILES string of the molecule is Cc1cnn([C@H]2[C@H](O)C[C@@H]2Nc2nc(C3CC3)nc3c2CCC3)c1. The number of anilines is 1. The lowest BCUT2D eigenvalue weighted by Gasteiger charge is -2.42. The molecule has 3 aliphatic carbocycles. The molecule has 0 spiro atoms. The van der Waals surface area contributed by atoms with E-state index in [0.717, 1.165) is 36.5 Å². The second-order valence-electron chi connectivity index (χ2n) is 7.53. The molecule has 2 saturated carbocycles. The lowest BCUT2D eigenvalue weighted by Crippen LogP contribution is -2.51. The molecule has 6 nitrogen and oxygen atoms in total. The average molecular weight is 325 g/mol. The van der Waals surface area contributed by atoms with E-state index in [4.69, 9.17) is 9.97 Å². The second-order valence-corrected chi connectivity index (χ2v) is 7.53. The first-order chi connectivity index (χ1) is 11.7. The highest BCUT2D eigenvalue weighted by atomic mass is 16.3. The van der Waals surface area contributed by atoms with Crippen molar-refractivity contribution in [3.05, 3.63) is 35.0 Å². The predicted octanol–water partition coefficient (Wildman–Crippen LogP) is 2.13. The molecule has 2 fully saturated rings. The van der Waals surface area contributed by atoms with Gasteiger partial charge in [-0.25, -0.2) is 9.97 Å². The first-order valence-corrected chi connectivity index (χ1v) is 9.04. The molecule has 0 aromatic carbocycles. The van der Waals surface area contributed by atoms with Crippen LogP contribution >= 0.6 is 0 Å². The summed E-state index contributed by atoms with van der Waals surface area (Å²) in [6.07, 6.45) is 9.97. The highest BCUT2D eigenvalue weighted by Crippen LogP contribution is 2.41. The number of rotatable bonds is 4. The fourth-order valence-corrected chi connectivity index (χ4v) is 3.98. The number of aromatic nitrogens is 4. The fourth-order valence-electron chi connectivity index (χ4n) is 3.98. The summed E-state index contributed by atoms with van der Waals surface area (Å²) >= 11 is 0. The van der Waals surface area contributed by atoms with Crippen LogP contribution in [-0.2, 0) is 12.8 Å². The van der Waals surface area contributed by atoms with Crippen LogP contribution in [0.25, 0.3) is 0 Å². The van der Waals surface area contributed by atoms with Crippen molar-refractivity contribution in [3.8, 4) is 0 Å². The molecule has 2 heterocycles. The van der Waals surface area contributed by atoms with Crippen LogP contribution in [-0.4, -0.2) is 37.0 Å². The third kappa shape index (κ3) is 2.32. The Kier molecular flexibility index (Phi) is 3.16. The van der Waals surface area contributed by atoms with Crippen molar-refractivity contribution >= 4 is 5.82 Å². The van der Waals surface area contributed by atoms with Crippen molar-refractivity contribution in [1.82, 2.24) is 19.7 Å². The van der Waals surface area contributed by atoms with Crippen LogP contribution in [0.15, 0.2) is 12.4 Å². The van der Waals surface area contributed by atoms with Gasteiger partial charge < -0.3 is 10.4 Å². The molecule has 126 valence electrons. The maximum absolute atomic E-state index is 10.2. The minimum atomic E-state index is -0.348. The number of aliphatic hydroxyl groups excluding tert-OH is 1. The standard InChI is InChI=1S/C18H23N5O/c1-10-8-19-23(9-10)16-14(7-15(16)24)21-18-12-3-2-4-13(12)20-17(22-18)11-5-6-11/h8-9,11,14-16,24H,2-7H2,1H3,(H,20,21,22)/t14-,15+,16+/m0/s1. The molecule has 0 radical (unpaired) electrons. The molecule has 2 aromatic heterocycles. The van der Waals surface area contributed by atoms with Gasteiger partial charge in [-0.15, -0.1) is 0 Å². The summed E-state index contributed by atoms with van der Waals surface area (Å²) < 4.78 is 1.89. The second kappa shape index (κ2) is 5.28. The number of hydrogen-bond donors (Lipinski definition) is 2. The van der Waals surface area contributed by atoms with Crippen LogP contribution < -0.4 is 5.32 Å². The van der Waals surface area contributed by atoms with Crippen molar-refractivity contribution in [3.63, 3.8) is 0 Å². The van der Waals surface area contributed by atoms with Crippen LogP contribution in [0.3, 0.4) is 0 Å². The van der Waals surface area contributed by atoms with E-state index in [9.17, 15) is 5.11 Å². The Bertz CT molecular complexity index is 782. The summed E-state index contributed by atoms with van der Waals surface area (Å²) in [6, 6.07) is 0.154. The van der Waals surface area contributed by atoms with Gasteiger partial charge in [0.25, 0.3) is 0 Å². The van der Waals surface area contributed by atoms with E-state index < -0.39 is 0 Å². The van der Waals surface area contributed by atoms with E-state index in [1.165, 1.54) is 30.5 Å². The van der Waals surface area contributed by atoms with Gasteiger partial charge in [-0.2, -0.15) is 5.10 Å². The number of fused-ring (bicyclic) bond motifs is 1. The number of aryl methyl sites for hydroxylation is 2.